The molecule has 0 aliphatic carbocycles. The van der Waals surface area contributed by atoms with E-state index in [0.29, 0.717) is 6.61 Å². The summed E-state index contributed by atoms with van der Waals surface area (Å²) in [7, 11) is 0. The first-order chi connectivity index (χ1) is 7.67. The average Bonchev–Trinajstić information content (AvgIpc) is 2.67. The summed E-state index contributed by atoms with van der Waals surface area (Å²) in [5.41, 5.74) is 6.76. The molecule has 0 aliphatic rings. The van der Waals surface area contributed by atoms with Crippen LogP contribution in [0.2, 0.25) is 0 Å². The molecule has 0 spiro atoms. The maximum Gasteiger partial charge on any atom is 0.307 e. The zero-order chi connectivity index (χ0) is 12.0. The van der Waals surface area contributed by atoms with Crippen molar-refractivity contribution in [3.05, 3.63) is 18.0 Å². The van der Waals surface area contributed by atoms with E-state index in [1.165, 1.54) is 0 Å². The van der Waals surface area contributed by atoms with Gasteiger partial charge in [0.05, 0.1) is 19.2 Å². The maximum atomic E-state index is 11.2. The summed E-state index contributed by atoms with van der Waals surface area (Å²) >= 11 is 0. The van der Waals surface area contributed by atoms with E-state index in [1.807, 2.05) is 10.9 Å². The molecule has 1 atom stereocenters. The van der Waals surface area contributed by atoms with Gasteiger partial charge in [-0.05, 0) is 13.3 Å². The number of aromatic nitrogens is 2. The molecule has 1 aromatic heterocycles. The normalized spacial score (nSPS) is 12.4. The topological polar surface area (TPSA) is 70.1 Å². The minimum atomic E-state index is -0.329. The number of hydrogen-bond acceptors (Lipinski definition) is 4. The van der Waals surface area contributed by atoms with E-state index in [4.69, 9.17) is 10.5 Å². The van der Waals surface area contributed by atoms with E-state index in [1.54, 1.807) is 13.1 Å². The summed E-state index contributed by atoms with van der Waals surface area (Å²) in [5.74, 6) is -0.266. The fraction of sp³-hybridized carbons (Fsp3) is 0.636. The Morgan fingerprint density at radius 2 is 2.38 bits per heavy atom. The largest absolute Gasteiger partial charge is 0.466 e. The number of ether oxygens (including phenoxy) is 1. The molecule has 16 heavy (non-hydrogen) atoms. The summed E-state index contributed by atoms with van der Waals surface area (Å²) < 4.78 is 6.68. The molecule has 0 aliphatic heterocycles. The van der Waals surface area contributed by atoms with Gasteiger partial charge < -0.3 is 10.5 Å². The van der Waals surface area contributed by atoms with Crippen LogP contribution in [-0.4, -0.2) is 22.4 Å². The van der Waals surface area contributed by atoms with E-state index in [0.717, 1.165) is 18.5 Å². The zero-order valence-corrected chi connectivity index (χ0v) is 9.85. The molecule has 5 heteroatoms. The molecule has 0 saturated carbocycles. The van der Waals surface area contributed by atoms with Crippen LogP contribution in [0.4, 0.5) is 0 Å². The van der Waals surface area contributed by atoms with Crippen LogP contribution >= 0.6 is 0 Å². The number of nitrogens with zero attached hydrogens (tertiary/aromatic N) is 2. The number of aryl methyl sites for hydroxylation is 1. The molecule has 0 fully saturated rings. The van der Waals surface area contributed by atoms with Crippen molar-refractivity contribution >= 4 is 5.97 Å². The zero-order valence-electron chi connectivity index (χ0n) is 9.85. The number of hydrogen-bond donors (Lipinski definition) is 1. The Balaban J connectivity index is 2.51. The SMILES string of the molecule is CCCn1cc([C@@H](N)CC(=O)OCC)cn1. The predicted molar refractivity (Wildman–Crippen MR) is 60.7 cm³/mol. The highest BCUT2D eigenvalue weighted by atomic mass is 16.5. The first-order valence-electron chi connectivity index (χ1n) is 5.60. The smallest absolute Gasteiger partial charge is 0.307 e. The molecular formula is C11H19N3O2. The van der Waals surface area contributed by atoms with Crippen molar-refractivity contribution < 1.29 is 9.53 Å². The lowest BCUT2D eigenvalue weighted by Crippen LogP contribution is -2.16. The van der Waals surface area contributed by atoms with Gasteiger partial charge in [-0.2, -0.15) is 5.10 Å². The van der Waals surface area contributed by atoms with Gasteiger partial charge in [0.1, 0.15) is 0 Å². The van der Waals surface area contributed by atoms with Crippen LogP contribution in [-0.2, 0) is 16.1 Å². The van der Waals surface area contributed by atoms with E-state index >= 15 is 0 Å². The van der Waals surface area contributed by atoms with Gasteiger partial charge in [-0.3, -0.25) is 9.48 Å². The summed E-state index contributed by atoms with van der Waals surface area (Å²) in [6, 6.07) is -0.329. The van der Waals surface area contributed by atoms with Crippen LogP contribution in [0.25, 0.3) is 0 Å². The van der Waals surface area contributed by atoms with Crippen LogP contribution in [0.1, 0.15) is 38.3 Å². The third kappa shape index (κ3) is 3.66. The van der Waals surface area contributed by atoms with Gasteiger partial charge in [0.2, 0.25) is 0 Å². The van der Waals surface area contributed by atoms with E-state index in [-0.39, 0.29) is 18.4 Å². The van der Waals surface area contributed by atoms with Crippen molar-refractivity contribution in [2.45, 2.75) is 39.3 Å². The molecule has 5 nitrogen and oxygen atoms in total. The van der Waals surface area contributed by atoms with Crippen molar-refractivity contribution in [3.8, 4) is 0 Å². The van der Waals surface area contributed by atoms with Gasteiger partial charge in [0.15, 0.2) is 0 Å². The third-order valence-corrected chi connectivity index (χ3v) is 2.23. The Morgan fingerprint density at radius 3 is 3.00 bits per heavy atom. The van der Waals surface area contributed by atoms with E-state index < -0.39 is 0 Å². The van der Waals surface area contributed by atoms with E-state index in [2.05, 4.69) is 12.0 Å². The van der Waals surface area contributed by atoms with Crippen molar-refractivity contribution in [1.82, 2.24) is 9.78 Å². The molecule has 0 saturated heterocycles. The number of nitrogens with two attached hydrogens (primary N) is 1. The van der Waals surface area contributed by atoms with Gasteiger partial charge in [-0.25, -0.2) is 0 Å². The van der Waals surface area contributed by atoms with Crippen molar-refractivity contribution in [2.75, 3.05) is 6.61 Å². The molecule has 1 heterocycles. The Bertz CT molecular complexity index is 336. The molecule has 90 valence electrons. The highest BCUT2D eigenvalue weighted by Gasteiger charge is 2.13. The Morgan fingerprint density at radius 1 is 1.62 bits per heavy atom. The van der Waals surface area contributed by atoms with Gasteiger partial charge in [0, 0.05) is 24.3 Å². The summed E-state index contributed by atoms with van der Waals surface area (Å²) in [4.78, 5) is 11.2. The quantitative estimate of drug-likeness (QED) is 0.740. The minimum absolute atomic E-state index is 0.200. The second-order valence-electron chi connectivity index (χ2n) is 3.65. The summed E-state index contributed by atoms with van der Waals surface area (Å²) in [6.45, 7) is 5.12. The van der Waals surface area contributed by atoms with Crippen LogP contribution in [0.15, 0.2) is 12.4 Å². The number of carbonyl (C=O) groups is 1. The highest BCUT2D eigenvalue weighted by molar-refractivity contribution is 5.70. The Labute approximate surface area is 95.6 Å². The lowest BCUT2D eigenvalue weighted by atomic mass is 10.1. The van der Waals surface area contributed by atoms with Gasteiger partial charge in [-0.1, -0.05) is 6.92 Å². The van der Waals surface area contributed by atoms with Crippen LogP contribution < -0.4 is 5.73 Å². The first-order valence-corrected chi connectivity index (χ1v) is 5.60. The fourth-order valence-corrected chi connectivity index (χ4v) is 1.44. The fourth-order valence-electron chi connectivity index (χ4n) is 1.44. The lowest BCUT2D eigenvalue weighted by Gasteiger charge is -2.08. The van der Waals surface area contributed by atoms with Gasteiger partial charge in [-0.15, -0.1) is 0 Å². The minimum Gasteiger partial charge on any atom is -0.466 e. The molecule has 2 N–H and O–H groups in total. The molecule has 0 aromatic carbocycles. The summed E-state index contributed by atoms with van der Waals surface area (Å²) in [6.07, 6.45) is 4.81. The van der Waals surface area contributed by atoms with Crippen LogP contribution in [0.3, 0.4) is 0 Å². The van der Waals surface area contributed by atoms with Crippen LogP contribution in [0.5, 0.6) is 0 Å². The van der Waals surface area contributed by atoms with Gasteiger partial charge >= 0.3 is 5.97 Å². The predicted octanol–water partition coefficient (Wildman–Crippen LogP) is 1.25. The van der Waals surface area contributed by atoms with Gasteiger partial charge in [0.25, 0.3) is 0 Å². The summed E-state index contributed by atoms with van der Waals surface area (Å²) in [5, 5.41) is 4.16. The second kappa shape index (κ2) is 6.27. The first kappa shape index (κ1) is 12.7. The van der Waals surface area contributed by atoms with Crippen LogP contribution in [0, 0.1) is 0 Å². The maximum absolute atomic E-state index is 11.2. The molecule has 0 radical (unpaired) electrons. The monoisotopic (exact) mass is 225 g/mol. The standard InChI is InChI=1S/C11H19N3O2/c1-3-5-14-8-9(7-13-14)10(12)6-11(15)16-4-2/h7-8,10H,3-6,12H2,1-2H3/t10-/m0/s1. The molecule has 1 rings (SSSR count). The number of rotatable bonds is 6. The molecular weight excluding hydrogens is 206 g/mol. The third-order valence-electron chi connectivity index (χ3n) is 2.23. The van der Waals surface area contributed by atoms with Crippen molar-refractivity contribution in [2.24, 2.45) is 5.73 Å². The lowest BCUT2D eigenvalue weighted by molar-refractivity contribution is -0.143. The highest BCUT2D eigenvalue weighted by Crippen LogP contribution is 2.13. The Kier molecular flexibility index (Phi) is 4.98. The Hall–Kier alpha value is -1.36. The molecule has 1 aromatic rings. The van der Waals surface area contributed by atoms with E-state index in [9.17, 15) is 4.79 Å². The number of carbonyl (C=O) groups excluding carboxylic acids is 1. The second-order valence-corrected chi connectivity index (χ2v) is 3.65. The van der Waals surface area contributed by atoms with Crippen molar-refractivity contribution in [3.63, 3.8) is 0 Å². The average molecular weight is 225 g/mol. The molecule has 0 unspecified atom stereocenters. The number of esters is 1. The van der Waals surface area contributed by atoms with Crippen molar-refractivity contribution in [1.29, 1.82) is 0 Å². The molecule has 0 amide bonds. The molecule has 0 bridgehead atoms.